The van der Waals surface area contributed by atoms with E-state index >= 15 is 0 Å². The first-order chi connectivity index (χ1) is 12.7. The number of hydrogen-bond donors (Lipinski definition) is 2. The molecule has 2 aromatic rings. The Labute approximate surface area is 151 Å². The number of hydrazine groups is 1. The van der Waals surface area contributed by atoms with Gasteiger partial charge in [-0.3, -0.25) is 10.4 Å². The normalized spacial score (nSPS) is 15.4. The molecular formula is C19H18N4O3. The van der Waals surface area contributed by atoms with Crippen LogP contribution in [0.1, 0.15) is 17.2 Å². The van der Waals surface area contributed by atoms with Crippen molar-refractivity contribution >= 4 is 12.0 Å². The van der Waals surface area contributed by atoms with E-state index in [4.69, 9.17) is 14.7 Å². The zero-order valence-corrected chi connectivity index (χ0v) is 14.4. The summed E-state index contributed by atoms with van der Waals surface area (Å²) in [6.45, 7) is 0. The number of anilines is 1. The molecule has 7 nitrogen and oxygen atoms in total. The number of benzene rings is 2. The highest BCUT2D eigenvalue weighted by Gasteiger charge is 2.19. The average molecular weight is 350 g/mol. The molecule has 1 heterocycles. The highest BCUT2D eigenvalue weighted by atomic mass is 16.5. The summed E-state index contributed by atoms with van der Waals surface area (Å²) in [6, 6.07) is 12.2. The molecule has 0 bridgehead atoms. The maximum absolute atomic E-state index is 9.72. The lowest BCUT2D eigenvalue weighted by Crippen LogP contribution is -2.33. The number of hydrogen-bond acceptors (Lipinski definition) is 7. The topological polar surface area (TPSA) is 90.1 Å². The number of phenolic OH excluding ortho intramolecular Hbond substituents is 1. The Kier molecular flexibility index (Phi) is 4.94. The minimum absolute atomic E-state index is 0.0379. The van der Waals surface area contributed by atoms with Gasteiger partial charge in [-0.05, 0) is 35.9 Å². The molecule has 1 aliphatic heterocycles. The number of nitrogens with zero attached hydrogens (tertiary/aromatic N) is 3. The Morgan fingerprint density at radius 1 is 1.15 bits per heavy atom. The second kappa shape index (κ2) is 7.49. The molecule has 26 heavy (non-hydrogen) atoms. The van der Waals surface area contributed by atoms with Crippen molar-refractivity contribution in [1.29, 1.82) is 5.26 Å². The van der Waals surface area contributed by atoms with Crippen LogP contribution in [-0.4, -0.2) is 30.7 Å². The molecule has 0 saturated heterocycles. The quantitative estimate of drug-likeness (QED) is 0.861. The zero-order chi connectivity index (χ0) is 18.5. The van der Waals surface area contributed by atoms with Gasteiger partial charge in [0.2, 0.25) is 0 Å². The van der Waals surface area contributed by atoms with Crippen LogP contribution < -0.4 is 14.9 Å². The van der Waals surface area contributed by atoms with E-state index in [-0.39, 0.29) is 17.4 Å². The number of nitriles is 1. The van der Waals surface area contributed by atoms with Crippen LogP contribution in [-0.2, 0) is 0 Å². The molecule has 7 heteroatoms. The summed E-state index contributed by atoms with van der Waals surface area (Å²) in [5, 5.41) is 20.7. The Bertz CT molecular complexity index is 902. The smallest absolute Gasteiger partial charge is 0.162 e. The molecule has 3 rings (SSSR count). The molecule has 0 radical (unpaired) electrons. The second-order valence-electron chi connectivity index (χ2n) is 5.53. The number of methoxy groups -OCH3 is 2. The summed E-state index contributed by atoms with van der Waals surface area (Å²) in [6.07, 6.45) is 5.23. The largest absolute Gasteiger partial charge is 0.507 e. The monoisotopic (exact) mass is 350 g/mol. The highest BCUT2D eigenvalue weighted by Crippen LogP contribution is 2.32. The molecule has 2 N–H and O–H groups in total. The molecule has 1 aliphatic rings. The van der Waals surface area contributed by atoms with E-state index in [1.807, 2.05) is 24.3 Å². The molecule has 0 amide bonds. The third kappa shape index (κ3) is 3.39. The van der Waals surface area contributed by atoms with Crippen molar-refractivity contribution < 1.29 is 14.6 Å². The first-order valence-electron chi connectivity index (χ1n) is 7.86. The number of aromatic hydroxyl groups is 1. The lowest BCUT2D eigenvalue weighted by molar-refractivity contribution is 0.354. The Morgan fingerprint density at radius 3 is 2.69 bits per heavy atom. The lowest BCUT2D eigenvalue weighted by Gasteiger charge is -2.31. The van der Waals surface area contributed by atoms with Crippen molar-refractivity contribution in [2.45, 2.75) is 6.04 Å². The van der Waals surface area contributed by atoms with Crippen LogP contribution >= 0.6 is 0 Å². The zero-order valence-electron chi connectivity index (χ0n) is 14.4. The third-order valence-corrected chi connectivity index (χ3v) is 3.97. The van der Waals surface area contributed by atoms with Crippen LogP contribution in [0.15, 0.2) is 53.7 Å². The van der Waals surface area contributed by atoms with Crippen LogP contribution in [0.2, 0.25) is 0 Å². The van der Waals surface area contributed by atoms with Gasteiger partial charge < -0.3 is 14.6 Å². The molecule has 0 saturated carbocycles. The van der Waals surface area contributed by atoms with Gasteiger partial charge in [-0.25, -0.2) is 4.99 Å². The number of aliphatic imine (C=N–C) groups is 1. The van der Waals surface area contributed by atoms with Crippen LogP contribution in [0.25, 0.3) is 0 Å². The predicted molar refractivity (Wildman–Crippen MR) is 98.2 cm³/mol. The van der Waals surface area contributed by atoms with Gasteiger partial charge in [0.1, 0.15) is 18.2 Å². The SMILES string of the molecule is COc1ccc(NN2C=NC=CC2c2ccc(O)c(C#N)c2)cc1OC. The van der Waals surface area contributed by atoms with Gasteiger partial charge in [-0.15, -0.1) is 0 Å². The fourth-order valence-corrected chi connectivity index (χ4v) is 2.66. The van der Waals surface area contributed by atoms with E-state index in [1.54, 1.807) is 50.0 Å². The fraction of sp³-hybridized carbons (Fsp3) is 0.158. The molecule has 1 atom stereocenters. The van der Waals surface area contributed by atoms with Crippen LogP contribution in [0.3, 0.4) is 0 Å². The minimum Gasteiger partial charge on any atom is -0.507 e. The Balaban J connectivity index is 1.88. The van der Waals surface area contributed by atoms with E-state index in [9.17, 15) is 5.11 Å². The number of phenols is 1. The molecular weight excluding hydrogens is 332 g/mol. The van der Waals surface area contributed by atoms with Crippen molar-refractivity contribution in [3.63, 3.8) is 0 Å². The molecule has 0 aromatic heterocycles. The van der Waals surface area contributed by atoms with E-state index in [0.29, 0.717) is 11.5 Å². The van der Waals surface area contributed by atoms with Gasteiger partial charge in [-0.1, -0.05) is 6.07 Å². The number of ether oxygens (including phenoxy) is 2. The van der Waals surface area contributed by atoms with Gasteiger partial charge in [0.25, 0.3) is 0 Å². The summed E-state index contributed by atoms with van der Waals surface area (Å²) in [5.41, 5.74) is 5.11. The first-order valence-corrected chi connectivity index (χ1v) is 7.86. The maximum atomic E-state index is 9.72. The van der Waals surface area contributed by atoms with Gasteiger partial charge in [-0.2, -0.15) is 5.26 Å². The van der Waals surface area contributed by atoms with Gasteiger partial charge in [0.05, 0.1) is 31.5 Å². The van der Waals surface area contributed by atoms with Crippen LogP contribution in [0.5, 0.6) is 17.2 Å². The predicted octanol–water partition coefficient (Wildman–Crippen LogP) is 3.21. The summed E-state index contributed by atoms with van der Waals surface area (Å²) in [5.74, 6) is 1.21. The van der Waals surface area contributed by atoms with Crippen molar-refractivity contribution in [2.24, 2.45) is 4.99 Å². The van der Waals surface area contributed by atoms with Crippen molar-refractivity contribution in [2.75, 3.05) is 19.6 Å². The highest BCUT2D eigenvalue weighted by molar-refractivity contribution is 5.64. The Hall–Kier alpha value is -3.66. The van der Waals surface area contributed by atoms with Gasteiger partial charge in [0, 0.05) is 12.3 Å². The van der Waals surface area contributed by atoms with E-state index < -0.39 is 0 Å². The first kappa shape index (κ1) is 17.2. The number of rotatable bonds is 5. The molecule has 0 spiro atoms. The lowest BCUT2D eigenvalue weighted by atomic mass is 10.0. The van der Waals surface area contributed by atoms with Crippen molar-refractivity contribution in [3.8, 4) is 23.3 Å². The number of nitrogens with one attached hydrogen (secondary N) is 1. The summed E-state index contributed by atoms with van der Waals surface area (Å²) >= 11 is 0. The molecule has 2 aromatic carbocycles. The summed E-state index contributed by atoms with van der Waals surface area (Å²) < 4.78 is 10.6. The molecule has 1 unspecified atom stereocenters. The third-order valence-electron chi connectivity index (χ3n) is 3.97. The van der Waals surface area contributed by atoms with E-state index in [1.165, 1.54) is 6.07 Å². The summed E-state index contributed by atoms with van der Waals surface area (Å²) in [4.78, 5) is 4.15. The molecule has 0 aliphatic carbocycles. The molecule has 132 valence electrons. The van der Waals surface area contributed by atoms with Gasteiger partial charge >= 0.3 is 0 Å². The second-order valence-corrected chi connectivity index (χ2v) is 5.53. The average Bonchev–Trinajstić information content (AvgIpc) is 2.68. The summed E-state index contributed by atoms with van der Waals surface area (Å²) in [7, 11) is 3.16. The maximum Gasteiger partial charge on any atom is 0.162 e. The van der Waals surface area contributed by atoms with Crippen LogP contribution in [0, 0.1) is 11.3 Å². The van der Waals surface area contributed by atoms with Crippen LogP contribution in [0.4, 0.5) is 5.69 Å². The minimum atomic E-state index is -0.201. The van der Waals surface area contributed by atoms with Crippen molar-refractivity contribution in [1.82, 2.24) is 5.01 Å². The van der Waals surface area contributed by atoms with Crippen molar-refractivity contribution in [3.05, 3.63) is 59.8 Å². The van der Waals surface area contributed by atoms with Gasteiger partial charge in [0.15, 0.2) is 11.5 Å². The fourth-order valence-electron chi connectivity index (χ4n) is 2.66. The van der Waals surface area contributed by atoms with E-state index in [2.05, 4.69) is 10.4 Å². The Morgan fingerprint density at radius 2 is 1.96 bits per heavy atom. The van der Waals surface area contributed by atoms with E-state index in [0.717, 1.165) is 11.3 Å². The standard InChI is InChI=1S/C19H18N4O3/c1-25-18-6-4-15(10-19(18)26-2)22-23-12-21-8-7-16(23)13-3-5-17(24)14(9-13)11-20/h3-10,12,16,22,24H,1-2H3. The molecule has 0 fully saturated rings.